The first-order valence-corrected chi connectivity index (χ1v) is 7.99. The first-order chi connectivity index (χ1) is 9.03. The number of hydrogen-bond acceptors (Lipinski definition) is 3. The first-order valence-electron chi connectivity index (χ1n) is 6.51. The van der Waals surface area contributed by atoms with Crippen LogP contribution in [-0.2, 0) is 10.0 Å². The summed E-state index contributed by atoms with van der Waals surface area (Å²) in [6.07, 6.45) is 3.80. The van der Waals surface area contributed by atoms with E-state index >= 15 is 0 Å². The van der Waals surface area contributed by atoms with Crippen LogP contribution in [0.5, 0.6) is 0 Å². The van der Waals surface area contributed by atoms with Crippen molar-refractivity contribution >= 4 is 22.4 Å². The average Bonchev–Trinajstić information content (AvgIpc) is 2.39. The maximum atomic E-state index is 13.1. The van der Waals surface area contributed by atoms with E-state index in [1.807, 2.05) is 0 Å². The smallest absolute Gasteiger partial charge is 0.240 e. The molecule has 1 aromatic carbocycles. The molecular formula is C13H20ClFN2O2S. The molecule has 1 fully saturated rings. The minimum Gasteiger partial charge on any atom is -0.330 e. The van der Waals surface area contributed by atoms with E-state index in [2.05, 4.69) is 4.72 Å². The summed E-state index contributed by atoms with van der Waals surface area (Å²) in [7, 11) is -3.67. The Kier molecular flexibility index (Phi) is 6.39. The number of rotatable bonds is 4. The average molecular weight is 323 g/mol. The van der Waals surface area contributed by atoms with Gasteiger partial charge in [-0.25, -0.2) is 17.5 Å². The SMILES string of the molecule is Cl.NCC1CCCCC1NS(=O)(=O)c1cccc(F)c1. The van der Waals surface area contributed by atoms with Gasteiger partial charge in [-0.05, 0) is 43.5 Å². The predicted octanol–water partition coefficient (Wildman–Crippen LogP) is 2.04. The summed E-state index contributed by atoms with van der Waals surface area (Å²) in [5, 5.41) is 0. The standard InChI is InChI=1S/C13H19FN2O2S.ClH/c14-11-5-3-6-12(8-11)19(17,18)16-13-7-2-1-4-10(13)9-15;/h3,5-6,8,10,13,16H,1-2,4,7,9,15H2;1H. The summed E-state index contributed by atoms with van der Waals surface area (Å²) < 4.78 is 40.2. The summed E-state index contributed by atoms with van der Waals surface area (Å²) in [6, 6.07) is 4.90. The molecule has 1 aliphatic rings. The quantitative estimate of drug-likeness (QED) is 0.891. The zero-order valence-electron chi connectivity index (χ0n) is 11.1. The molecule has 7 heteroatoms. The van der Waals surface area contributed by atoms with Crippen LogP contribution < -0.4 is 10.5 Å². The van der Waals surface area contributed by atoms with Gasteiger partial charge < -0.3 is 5.73 Å². The van der Waals surface area contributed by atoms with Crippen molar-refractivity contribution in [2.24, 2.45) is 11.7 Å². The van der Waals surface area contributed by atoms with Crippen molar-refractivity contribution in [3.63, 3.8) is 0 Å². The number of benzene rings is 1. The maximum absolute atomic E-state index is 13.1. The van der Waals surface area contributed by atoms with E-state index < -0.39 is 15.8 Å². The summed E-state index contributed by atoms with van der Waals surface area (Å²) in [5.41, 5.74) is 5.68. The van der Waals surface area contributed by atoms with Gasteiger partial charge in [-0.3, -0.25) is 0 Å². The molecule has 0 amide bonds. The van der Waals surface area contributed by atoms with E-state index in [-0.39, 0.29) is 29.3 Å². The van der Waals surface area contributed by atoms with Crippen molar-refractivity contribution in [2.45, 2.75) is 36.6 Å². The van der Waals surface area contributed by atoms with Crippen molar-refractivity contribution in [3.8, 4) is 0 Å². The Morgan fingerprint density at radius 3 is 2.65 bits per heavy atom. The molecule has 2 unspecified atom stereocenters. The Labute approximate surface area is 125 Å². The van der Waals surface area contributed by atoms with Gasteiger partial charge in [0.25, 0.3) is 0 Å². The number of nitrogens with one attached hydrogen (secondary N) is 1. The maximum Gasteiger partial charge on any atom is 0.240 e. The molecular weight excluding hydrogens is 303 g/mol. The molecule has 0 saturated heterocycles. The summed E-state index contributed by atoms with van der Waals surface area (Å²) in [4.78, 5) is -0.0335. The molecule has 0 spiro atoms. The van der Waals surface area contributed by atoms with Gasteiger partial charge in [0.2, 0.25) is 10.0 Å². The van der Waals surface area contributed by atoms with Crippen LogP contribution in [0.15, 0.2) is 29.2 Å². The second-order valence-corrected chi connectivity index (χ2v) is 6.68. The molecule has 114 valence electrons. The number of nitrogens with two attached hydrogens (primary N) is 1. The molecule has 2 rings (SSSR count). The van der Waals surface area contributed by atoms with E-state index in [0.29, 0.717) is 6.54 Å². The Balaban J connectivity index is 0.00000200. The molecule has 0 bridgehead atoms. The van der Waals surface area contributed by atoms with Gasteiger partial charge in [-0.1, -0.05) is 18.9 Å². The number of sulfonamides is 1. The number of hydrogen-bond donors (Lipinski definition) is 2. The van der Waals surface area contributed by atoms with E-state index in [1.165, 1.54) is 18.2 Å². The van der Waals surface area contributed by atoms with Crippen molar-refractivity contribution < 1.29 is 12.8 Å². The highest BCUT2D eigenvalue weighted by molar-refractivity contribution is 7.89. The van der Waals surface area contributed by atoms with E-state index in [1.54, 1.807) is 0 Å². The van der Waals surface area contributed by atoms with Crippen LogP contribution in [0.1, 0.15) is 25.7 Å². The lowest BCUT2D eigenvalue weighted by Crippen LogP contribution is -2.44. The van der Waals surface area contributed by atoms with Gasteiger partial charge in [-0.15, -0.1) is 12.4 Å². The monoisotopic (exact) mass is 322 g/mol. The third kappa shape index (κ3) is 4.15. The Morgan fingerprint density at radius 1 is 1.30 bits per heavy atom. The zero-order chi connectivity index (χ0) is 13.9. The first kappa shape index (κ1) is 17.4. The lowest BCUT2D eigenvalue weighted by molar-refractivity contribution is 0.296. The Morgan fingerprint density at radius 2 is 2.00 bits per heavy atom. The molecule has 0 radical (unpaired) electrons. The fourth-order valence-corrected chi connectivity index (χ4v) is 3.92. The van der Waals surface area contributed by atoms with Crippen LogP contribution in [0.2, 0.25) is 0 Å². The van der Waals surface area contributed by atoms with Gasteiger partial charge in [0.1, 0.15) is 5.82 Å². The van der Waals surface area contributed by atoms with Gasteiger partial charge in [0.05, 0.1) is 4.90 Å². The lowest BCUT2D eigenvalue weighted by Gasteiger charge is -2.31. The largest absolute Gasteiger partial charge is 0.330 e. The highest BCUT2D eigenvalue weighted by Gasteiger charge is 2.28. The summed E-state index contributed by atoms with van der Waals surface area (Å²) in [5.74, 6) is -0.390. The van der Waals surface area contributed by atoms with Crippen LogP contribution in [0.4, 0.5) is 4.39 Å². The molecule has 1 aromatic rings. The van der Waals surface area contributed by atoms with Crippen LogP contribution in [0.25, 0.3) is 0 Å². The molecule has 0 aromatic heterocycles. The van der Waals surface area contributed by atoms with Crippen molar-refractivity contribution in [2.75, 3.05) is 6.54 Å². The molecule has 2 atom stereocenters. The van der Waals surface area contributed by atoms with E-state index in [9.17, 15) is 12.8 Å². The topological polar surface area (TPSA) is 72.2 Å². The molecule has 0 heterocycles. The Bertz CT molecular complexity index is 539. The van der Waals surface area contributed by atoms with E-state index in [0.717, 1.165) is 31.7 Å². The third-order valence-corrected chi connectivity index (χ3v) is 5.11. The second-order valence-electron chi connectivity index (χ2n) is 4.97. The zero-order valence-corrected chi connectivity index (χ0v) is 12.7. The molecule has 3 N–H and O–H groups in total. The summed E-state index contributed by atoms with van der Waals surface area (Å²) in [6.45, 7) is 0.469. The number of halogens is 2. The van der Waals surface area contributed by atoms with Crippen LogP contribution in [0, 0.1) is 11.7 Å². The normalized spacial score (nSPS) is 23.1. The lowest BCUT2D eigenvalue weighted by atomic mass is 9.85. The fourth-order valence-electron chi connectivity index (χ4n) is 2.55. The third-order valence-electron chi connectivity index (χ3n) is 3.62. The predicted molar refractivity (Wildman–Crippen MR) is 78.8 cm³/mol. The fraction of sp³-hybridized carbons (Fsp3) is 0.538. The molecule has 1 aliphatic carbocycles. The van der Waals surface area contributed by atoms with Crippen LogP contribution in [0.3, 0.4) is 0 Å². The molecule has 20 heavy (non-hydrogen) atoms. The molecule has 0 aliphatic heterocycles. The van der Waals surface area contributed by atoms with Crippen LogP contribution >= 0.6 is 12.4 Å². The van der Waals surface area contributed by atoms with Gasteiger partial charge >= 0.3 is 0 Å². The highest BCUT2D eigenvalue weighted by atomic mass is 35.5. The molecule has 1 saturated carbocycles. The van der Waals surface area contributed by atoms with Gasteiger partial charge in [0.15, 0.2) is 0 Å². The Hall–Kier alpha value is -0.690. The van der Waals surface area contributed by atoms with Crippen LogP contribution in [-0.4, -0.2) is 21.0 Å². The second kappa shape index (κ2) is 7.36. The minimum atomic E-state index is -3.67. The minimum absolute atomic E-state index is 0. The van der Waals surface area contributed by atoms with Crippen molar-refractivity contribution in [3.05, 3.63) is 30.1 Å². The highest BCUT2D eigenvalue weighted by Crippen LogP contribution is 2.25. The van der Waals surface area contributed by atoms with Gasteiger partial charge in [-0.2, -0.15) is 0 Å². The van der Waals surface area contributed by atoms with Gasteiger partial charge in [0, 0.05) is 6.04 Å². The van der Waals surface area contributed by atoms with Crippen molar-refractivity contribution in [1.82, 2.24) is 4.72 Å². The van der Waals surface area contributed by atoms with Crippen molar-refractivity contribution in [1.29, 1.82) is 0 Å². The summed E-state index contributed by atoms with van der Waals surface area (Å²) >= 11 is 0. The molecule has 4 nitrogen and oxygen atoms in total. The van der Waals surface area contributed by atoms with E-state index in [4.69, 9.17) is 5.73 Å².